The van der Waals surface area contributed by atoms with E-state index in [9.17, 15) is 8.42 Å². The largest absolute Gasteiger partial charge is 0.314 e. The van der Waals surface area contributed by atoms with Crippen LogP contribution in [-0.4, -0.2) is 56.3 Å². The van der Waals surface area contributed by atoms with Crippen LogP contribution in [0.5, 0.6) is 0 Å². The Bertz CT molecular complexity index is 355. The zero-order valence-electron chi connectivity index (χ0n) is 14.2. The van der Waals surface area contributed by atoms with Crippen molar-refractivity contribution in [2.24, 2.45) is 5.92 Å². The van der Waals surface area contributed by atoms with E-state index in [1.165, 1.54) is 8.61 Å². The molecule has 122 valence electrons. The second kappa shape index (κ2) is 8.97. The molecule has 0 aliphatic heterocycles. The molecular formula is C14H33N3O2S. The Kier molecular flexibility index (Phi) is 8.90. The molecule has 1 N–H and O–H groups in total. The second-order valence-electron chi connectivity index (χ2n) is 6.29. The quantitative estimate of drug-likeness (QED) is 0.627. The molecular weight excluding hydrogens is 274 g/mol. The molecule has 0 aliphatic rings. The zero-order chi connectivity index (χ0) is 15.9. The van der Waals surface area contributed by atoms with Gasteiger partial charge in [0.25, 0.3) is 10.2 Å². The van der Waals surface area contributed by atoms with Crippen LogP contribution in [0.3, 0.4) is 0 Å². The van der Waals surface area contributed by atoms with Crippen LogP contribution in [-0.2, 0) is 10.2 Å². The first-order chi connectivity index (χ1) is 9.09. The summed E-state index contributed by atoms with van der Waals surface area (Å²) in [7, 11) is -0.0177. The van der Waals surface area contributed by atoms with Crippen LogP contribution in [0, 0.1) is 5.92 Å². The maximum absolute atomic E-state index is 12.4. The molecule has 0 rings (SSSR count). The van der Waals surface area contributed by atoms with Gasteiger partial charge >= 0.3 is 0 Å². The molecule has 0 aromatic carbocycles. The fraction of sp³-hybridized carbons (Fsp3) is 1.00. The minimum Gasteiger partial charge on any atom is -0.314 e. The van der Waals surface area contributed by atoms with Crippen molar-refractivity contribution in [1.82, 2.24) is 13.9 Å². The molecule has 1 unspecified atom stereocenters. The van der Waals surface area contributed by atoms with E-state index < -0.39 is 10.2 Å². The third-order valence-electron chi connectivity index (χ3n) is 3.39. The standard InChI is InChI=1S/C14H33N3O2S/c1-12(2)11-14(5)17(7)20(18,19)16(6)10-8-9-15-13(3)4/h12-15H,8-11H2,1-7H3. The normalized spacial score (nSPS) is 14.8. The van der Waals surface area contributed by atoms with Gasteiger partial charge in [-0.05, 0) is 32.2 Å². The van der Waals surface area contributed by atoms with Crippen LogP contribution >= 0.6 is 0 Å². The highest BCUT2D eigenvalue weighted by molar-refractivity contribution is 7.86. The van der Waals surface area contributed by atoms with Gasteiger partial charge in [-0.2, -0.15) is 17.0 Å². The number of nitrogens with one attached hydrogen (secondary N) is 1. The number of nitrogens with zero attached hydrogens (tertiary/aromatic N) is 2. The summed E-state index contributed by atoms with van der Waals surface area (Å²) in [6.45, 7) is 11.7. The van der Waals surface area contributed by atoms with Crippen molar-refractivity contribution in [3.8, 4) is 0 Å². The van der Waals surface area contributed by atoms with Crippen LogP contribution in [0.15, 0.2) is 0 Å². The van der Waals surface area contributed by atoms with E-state index in [1.54, 1.807) is 14.1 Å². The van der Waals surface area contributed by atoms with Crippen LogP contribution < -0.4 is 5.32 Å². The van der Waals surface area contributed by atoms with Crippen molar-refractivity contribution in [3.63, 3.8) is 0 Å². The van der Waals surface area contributed by atoms with Gasteiger partial charge in [-0.25, -0.2) is 0 Å². The Balaban J connectivity index is 4.39. The highest BCUT2D eigenvalue weighted by Gasteiger charge is 2.27. The molecule has 0 aromatic heterocycles. The highest BCUT2D eigenvalue weighted by atomic mass is 32.2. The Hall–Kier alpha value is -0.170. The minimum absolute atomic E-state index is 0.0243. The summed E-state index contributed by atoms with van der Waals surface area (Å²) >= 11 is 0. The predicted molar refractivity (Wildman–Crippen MR) is 86.0 cm³/mol. The monoisotopic (exact) mass is 307 g/mol. The molecule has 0 bridgehead atoms. The minimum atomic E-state index is -3.35. The van der Waals surface area contributed by atoms with Crippen molar-refractivity contribution in [2.75, 3.05) is 27.2 Å². The van der Waals surface area contributed by atoms with Gasteiger partial charge in [-0.15, -0.1) is 0 Å². The van der Waals surface area contributed by atoms with Crippen molar-refractivity contribution in [1.29, 1.82) is 0 Å². The van der Waals surface area contributed by atoms with Crippen molar-refractivity contribution >= 4 is 10.2 Å². The van der Waals surface area contributed by atoms with E-state index in [1.807, 2.05) is 6.92 Å². The summed E-state index contributed by atoms with van der Waals surface area (Å²) in [5, 5.41) is 3.30. The van der Waals surface area contributed by atoms with E-state index in [-0.39, 0.29) is 6.04 Å². The predicted octanol–water partition coefficient (Wildman–Crippen LogP) is 1.92. The average Bonchev–Trinajstić information content (AvgIpc) is 2.31. The molecule has 0 spiro atoms. The number of rotatable bonds is 10. The van der Waals surface area contributed by atoms with Gasteiger partial charge in [0.1, 0.15) is 0 Å². The Morgan fingerprint density at radius 2 is 1.60 bits per heavy atom. The van der Waals surface area contributed by atoms with E-state index >= 15 is 0 Å². The molecule has 0 amide bonds. The van der Waals surface area contributed by atoms with Crippen LogP contribution in [0.25, 0.3) is 0 Å². The van der Waals surface area contributed by atoms with Gasteiger partial charge in [0, 0.05) is 32.7 Å². The van der Waals surface area contributed by atoms with Crippen LogP contribution in [0.4, 0.5) is 0 Å². The van der Waals surface area contributed by atoms with Crippen molar-refractivity contribution in [2.45, 2.75) is 59.5 Å². The molecule has 0 saturated heterocycles. The molecule has 0 fully saturated rings. The summed E-state index contributed by atoms with van der Waals surface area (Å²) in [5.74, 6) is 0.489. The van der Waals surface area contributed by atoms with Crippen molar-refractivity contribution in [3.05, 3.63) is 0 Å². The molecule has 6 heteroatoms. The molecule has 1 atom stereocenters. The Labute approximate surface area is 125 Å². The fourth-order valence-corrected chi connectivity index (χ4v) is 3.43. The summed E-state index contributed by atoms with van der Waals surface area (Å²) in [6.07, 6.45) is 1.69. The van der Waals surface area contributed by atoms with E-state index in [0.717, 1.165) is 19.4 Å². The molecule has 0 aliphatic carbocycles. The lowest BCUT2D eigenvalue weighted by molar-refractivity contribution is 0.309. The third-order valence-corrected chi connectivity index (χ3v) is 5.45. The van der Waals surface area contributed by atoms with Gasteiger partial charge < -0.3 is 5.32 Å². The van der Waals surface area contributed by atoms with Gasteiger partial charge in [0.2, 0.25) is 0 Å². The average molecular weight is 308 g/mol. The Morgan fingerprint density at radius 3 is 2.05 bits per heavy atom. The zero-order valence-corrected chi connectivity index (χ0v) is 15.0. The molecule has 0 aromatic rings. The molecule has 5 nitrogen and oxygen atoms in total. The fourth-order valence-electron chi connectivity index (χ4n) is 2.09. The lowest BCUT2D eigenvalue weighted by Gasteiger charge is -2.30. The first kappa shape index (κ1) is 19.8. The Morgan fingerprint density at radius 1 is 1.05 bits per heavy atom. The van der Waals surface area contributed by atoms with Gasteiger partial charge in [0.05, 0.1) is 0 Å². The molecule has 20 heavy (non-hydrogen) atoms. The second-order valence-corrected chi connectivity index (χ2v) is 8.38. The topological polar surface area (TPSA) is 52.7 Å². The number of hydrogen-bond donors (Lipinski definition) is 1. The molecule has 0 heterocycles. The summed E-state index contributed by atoms with van der Waals surface area (Å²) in [4.78, 5) is 0. The first-order valence-electron chi connectivity index (χ1n) is 7.51. The van der Waals surface area contributed by atoms with E-state index in [4.69, 9.17) is 0 Å². The van der Waals surface area contributed by atoms with Gasteiger partial charge in [-0.3, -0.25) is 0 Å². The van der Waals surface area contributed by atoms with E-state index in [0.29, 0.717) is 18.5 Å². The van der Waals surface area contributed by atoms with Gasteiger partial charge in [0.15, 0.2) is 0 Å². The van der Waals surface area contributed by atoms with Crippen molar-refractivity contribution < 1.29 is 8.42 Å². The lowest BCUT2D eigenvalue weighted by Crippen LogP contribution is -2.45. The van der Waals surface area contributed by atoms with E-state index in [2.05, 4.69) is 33.0 Å². The maximum atomic E-state index is 12.4. The maximum Gasteiger partial charge on any atom is 0.281 e. The van der Waals surface area contributed by atoms with Crippen LogP contribution in [0.2, 0.25) is 0 Å². The third kappa shape index (κ3) is 7.02. The summed E-state index contributed by atoms with van der Waals surface area (Å²) < 4.78 is 27.8. The number of hydrogen-bond acceptors (Lipinski definition) is 3. The van der Waals surface area contributed by atoms with Crippen LogP contribution in [0.1, 0.15) is 47.5 Å². The first-order valence-corrected chi connectivity index (χ1v) is 8.91. The SMILES string of the molecule is CC(C)CC(C)N(C)S(=O)(=O)N(C)CCCNC(C)C. The molecule has 0 radical (unpaired) electrons. The summed E-state index contributed by atoms with van der Waals surface area (Å²) in [6, 6.07) is 0.460. The smallest absolute Gasteiger partial charge is 0.281 e. The molecule has 0 saturated carbocycles. The summed E-state index contributed by atoms with van der Waals surface area (Å²) in [5.41, 5.74) is 0. The highest BCUT2D eigenvalue weighted by Crippen LogP contribution is 2.15. The lowest BCUT2D eigenvalue weighted by atomic mass is 10.1. The van der Waals surface area contributed by atoms with Gasteiger partial charge in [-0.1, -0.05) is 27.7 Å².